The van der Waals surface area contributed by atoms with Gasteiger partial charge in [0, 0.05) is 6.54 Å². The van der Waals surface area contributed by atoms with Crippen molar-refractivity contribution in [2.75, 3.05) is 32.7 Å². The van der Waals surface area contributed by atoms with Crippen molar-refractivity contribution >= 4 is 0 Å². The summed E-state index contributed by atoms with van der Waals surface area (Å²) < 4.78 is 0. The van der Waals surface area contributed by atoms with Crippen LogP contribution in [0.25, 0.3) is 0 Å². The monoisotopic (exact) mass is 198 g/mol. The average Bonchev–Trinajstić information content (AvgIpc) is 2.72. The van der Waals surface area contributed by atoms with Gasteiger partial charge in [-0.25, -0.2) is 0 Å². The summed E-state index contributed by atoms with van der Waals surface area (Å²) in [6.07, 6.45) is 4.84. The van der Waals surface area contributed by atoms with Gasteiger partial charge < -0.3 is 15.3 Å². The Morgan fingerprint density at radius 2 is 1.86 bits per heavy atom. The molecule has 2 heterocycles. The maximum Gasteiger partial charge on any atom is 0.0696 e. The summed E-state index contributed by atoms with van der Waals surface area (Å²) in [5.74, 6) is 0.539. The van der Waals surface area contributed by atoms with E-state index in [0.717, 1.165) is 32.5 Å². The van der Waals surface area contributed by atoms with E-state index in [1.165, 1.54) is 25.9 Å². The van der Waals surface area contributed by atoms with E-state index >= 15 is 0 Å². The van der Waals surface area contributed by atoms with Crippen LogP contribution in [0.3, 0.4) is 0 Å². The first-order chi connectivity index (χ1) is 6.86. The standard InChI is InChI=1S/C11H22N2O/c14-11(9-13-7-1-2-8-13)10-3-5-12-6-4-10/h10-12,14H,1-9H2. The molecule has 2 fully saturated rings. The molecule has 3 heteroatoms. The maximum absolute atomic E-state index is 10.1. The minimum absolute atomic E-state index is 0.0878. The van der Waals surface area contributed by atoms with Crippen molar-refractivity contribution in [3.63, 3.8) is 0 Å². The van der Waals surface area contributed by atoms with E-state index in [2.05, 4.69) is 10.2 Å². The predicted octanol–water partition coefficient (Wildman–Crippen LogP) is 0.443. The highest BCUT2D eigenvalue weighted by molar-refractivity contribution is 4.79. The first-order valence-electron chi connectivity index (χ1n) is 5.97. The van der Waals surface area contributed by atoms with Crippen LogP contribution in [0, 0.1) is 5.92 Å². The minimum Gasteiger partial charge on any atom is -0.392 e. The fourth-order valence-electron chi connectivity index (χ4n) is 2.61. The summed E-state index contributed by atoms with van der Waals surface area (Å²) in [4.78, 5) is 2.41. The number of nitrogens with zero attached hydrogens (tertiary/aromatic N) is 1. The van der Waals surface area contributed by atoms with Gasteiger partial charge in [0.2, 0.25) is 0 Å². The number of likely N-dealkylation sites (tertiary alicyclic amines) is 1. The van der Waals surface area contributed by atoms with Crippen molar-refractivity contribution in [3.8, 4) is 0 Å². The molecule has 0 aromatic carbocycles. The van der Waals surface area contributed by atoms with Gasteiger partial charge in [-0.1, -0.05) is 0 Å². The molecule has 2 rings (SSSR count). The zero-order valence-electron chi connectivity index (χ0n) is 8.91. The van der Waals surface area contributed by atoms with Gasteiger partial charge in [0.25, 0.3) is 0 Å². The molecular weight excluding hydrogens is 176 g/mol. The van der Waals surface area contributed by atoms with E-state index in [9.17, 15) is 5.11 Å². The lowest BCUT2D eigenvalue weighted by Gasteiger charge is -2.29. The van der Waals surface area contributed by atoms with Crippen molar-refractivity contribution in [1.82, 2.24) is 10.2 Å². The number of aliphatic hydroxyl groups excluding tert-OH is 1. The normalized spacial score (nSPS) is 28.1. The number of rotatable bonds is 3. The zero-order valence-corrected chi connectivity index (χ0v) is 8.91. The van der Waals surface area contributed by atoms with E-state index in [0.29, 0.717) is 5.92 Å². The second-order valence-corrected chi connectivity index (χ2v) is 4.66. The molecule has 0 bridgehead atoms. The summed E-state index contributed by atoms with van der Waals surface area (Å²) in [5.41, 5.74) is 0. The Morgan fingerprint density at radius 3 is 2.50 bits per heavy atom. The smallest absolute Gasteiger partial charge is 0.0696 e. The van der Waals surface area contributed by atoms with Gasteiger partial charge in [-0.3, -0.25) is 0 Å². The third kappa shape index (κ3) is 2.69. The van der Waals surface area contributed by atoms with Crippen LogP contribution in [0.4, 0.5) is 0 Å². The van der Waals surface area contributed by atoms with E-state index in [-0.39, 0.29) is 6.10 Å². The molecule has 1 unspecified atom stereocenters. The summed E-state index contributed by atoms with van der Waals surface area (Å²) >= 11 is 0. The SMILES string of the molecule is OC(CN1CCCC1)C1CCNCC1. The maximum atomic E-state index is 10.1. The molecule has 0 aromatic rings. The third-order valence-electron chi connectivity index (χ3n) is 3.57. The van der Waals surface area contributed by atoms with Crippen molar-refractivity contribution in [2.24, 2.45) is 5.92 Å². The van der Waals surface area contributed by atoms with Crippen LogP contribution in [-0.2, 0) is 0 Å². The molecule has 0 amide bonds. The molecule has 0 saturated carbocycles. The molecule has 2 saturated heterocycles. The van der Waals surface area contributed by atoms with E-state index in [4.69, 9.17) is 0 Å². The first-order valence-corrected chi connectivity index (χ1v) is 5.97. The molecule has 2 aliphatic rings. The Morgan fingerprint density at radius 1 is 1.21 bits per heavy atom. The minimum atomic E-state index is -0.0878. The van der Waals surface area contributed by atoms with Gasteiger partial charge in [-0.15, -0.1) is 0 Å². The van der Waals surface area contributed by atoms with Crippen molar-refractivity contribution < 1.29 is 5.11 Å². The van der Waals surface area contributed by atoms with Crippen molar-refractivity contribution in [1.29, 1.82) is 0 Å². The van der Waals surface area contributed by atoms with Crippen molar-refractivity contribution in [2.45, 2.75) is 31.8 Å². The van der Waals surface area contributed by atoms with Crippen LogP contribution in [0.2, 0.25) is 0 Å². The largest absolute Gasteiger partial charge is 0.392 e. The molecule has 1 atom stereocenters. The molecule has 0 radical (unpaired) electrons. The molecule has 14 heavy (non-hydrogen) atoms. The fourth-order valence-corrected chi connectivity index (χ4v) is 2.61. The van der Waals surface area contributed by atoms with Crippen LogP contribution in [0.15, 0.2) is 0 Å². The molecular formula is C11H22N2O. The van der Waals surface area contributed by atoms with E-state index in [1.807, 2.05) is 0 Å². The lowest BCUT2D eigenvalue weighted by atomic mass is 9.92. The Bertz CT molecular complexity index is 163. The molecule has 0 spiro atoms. The van der Waals surface area contributed by atoms with Gasteiger partial charge in [0.15, 0.2) is 0 Å². The van der Waals surface area contributed by atoms with E-state index in [1.54, 1.807) is 0 Å². The number of nitrogens with one attached hydrogen (secondary N) is 1. The highest BCUT2D eigenvalue weighted by atomic mass is 16.3. The van der Waals surface area contributed by atoms with Crippen LogP contribution in [0.5, 0.6) is 0 Å². The molecule has 3 nitrogen and oxygen atoms in total. The Labute approximate surface area is 86.5 Å². The number of piperidine rings is 1. The number of hydrogen-bond acceptors (Lipinski definition) is 3. The van der Waals surface area contributed by atoms with Crippen LogP contribution in [-0.4, -0.2) is 48.8 Å². The Hall–Kier alpha value is -0.120. The van der Waals surface area contributed by atoms with Crippen LogP contribution in [0.1, 0.15) is 25.7 Å². The summed E-state index contributed by atoms with van der Waals surface area (Å²) in [6.45, 7) is 5.47. The molecule has 82 valence electrons. The van der Waals surface area contributed by atoms with Gasteiger partial charge in [0.05, 0.1) is 6.10 Å². The molecule has 2 N–H and O–H groups in total. The number of β-amino-alcohol motifs (C(OH)–C–C–N with tert-alkyl or cyclic N) is 1. The number of hydrogen-bond donors (Lipinski definition) is 2. The second kappa shape index (κ2) is 5.10. The summed E-state index contributed by atoms with van der Waals surface area (Å²) in [7, 11) is 0. The Kier molecular flexibility index (Phi) is 3.79. The zero-order chi connectivity index (χ0) is 9.80. The van der Waals surface area contributed by atoms with Crippen molar-refractivity contribution in [3.05, 3.63) is 0 Å². The highest BCUT2D eigenvalue weighted by Gasteiger charge is 2.24. The topological polar surface area (TPSA) is 35.5 Å². The molecule has 0 aliphatic carbocycles. The molecule has 2 aliphatic heterocycles. The Balaban J connectivity index is 1.72. The van der Waals surface area contributed by atoms with Gasteiger partial charge in [-0.2, -0.15) is 0 Å². The highest BCUT2D eigenvalue weighted by Crippen LogP contribution is 2.18. The predicted molar refractivity (Wildman–Crippen MR) is 57.3 cm³/mol. The van der Waals surface area contributed by atoms with Gasteiger partial charge in [-0.05, 0) is 57.8 Å². The van der Waals surface area contributed by atoms with Crippen LogP contribution < -0.4 is 5.32 Å². The first kappa shape index (κ1) is 10.4. The summed E-state index contributed by atoms with van der Waals surface area (Å²) in [6, 6.07) is 0. The fraction of sp³-hybridized carbons (Fsp3) is 1.00. The summed E-state index contributed by atoms with van der Waals surface area (Å²) in [5, 5.41) is 13.4. The average molecular weight is 198 g/mol. The second-order valence-electron chi connectivity index (χ2n) is 4.66. The van der Waals surface area contributed by atoms with Crippen LogP contribution >= 0.6 is 0 Å². The lowest BCUT2D eigenvalue weighted by Crippen LogP contribution is -2.40. The third-order valence-corrected chi connectivity index (χ3v) is 3.57. The van der Waals surface area contributed by atoms with E-state index < -0.39 is 0 Å². The van der Waals surface area contributed by atoms with Gasteiger partial charge in [0.1, 0.15) is 0 Å². The molecule has 0 aromatic heterocycles. The van der Waals surface area contributed by atoms with Gasteiger partial charge >= 0.3 is 0 Å². The lowest BCUT2D eigenvalue weighted by molar-refractivity contribution is 0.0575. The quantitative estimate of drug-likeness (QED) is 0.691. The number of aliphatic hydroxyl groups is 1.